The van der Waals surface area contributed by atoms with Gasteiger partial charge in [0.15, 0.2) is 5.65 Å². The average Bonchev–Trinajstić information content (AvgIpc) is 3.21. The Morgan fingerprint density at radius 2 is 1.76 bits per heavy atom. The van der Waals surface area contributed by atoms with E-state index in [9.17, 15) is 9.59 Å². The Morgan fingerprint density at radius 3 is 2.38 bits per heavy atom. The molecule has 0 bridgehead atoms. The maximum absolute atomic E-state index is 13.0. The summed E-state index contributed by atoms with van der Waals surface area (Å²) in [7, 11) is 0. The highest BCUT2D eigenvalue weighted by atomic mass is 16.2. The number of hydrogen-bond donors (Lipinski definition) is 1. The number of rotatable bonds is 7. The third-order valence-electron chi connectivity index (χ3n) is 5.77. The molecule has 1 amide bonds. The van der Waals surface area contributed by atoms with Crippen molar-refractivity contribution in [3.63, 3.8) is 0 Å². The van der Waals surface area contributed by atoms with E-state index in [2.05, 4.69) is 47.1 Å². The van der Waals surface area contributed by atoms with Gasteiger partial charge in [0.25, 0.3) is 5.56 Å². The lowest BCUT2D eigenvalue weighted by Crippen LogP contribution is -2.30. The quantitative estimate of drug-likeness (QED) is 0.451. The van der Waals surface area contributed by atoms with E-state index in [-0.39, 0.29) is 18.0 Å². The molecule has 0 saturated heterocycles. The number of aryl methyl sites for hydroxylation is 2. The van der Waals surface area contributed by atoms with Crippen molar-refractivity contribution in [1.82, 2.24) is 19.3 Å². The average molecular weight is 459 g/mol. The molecule has 8 heteroatoms. The molecule has 2 heterocycles. The van der Waals surface area contributed by atoms with Crippen molar-refractivity contribution in [1.29, 1.82) is 0 Å². The molecule has 1 N–H and O–H groups in total. The third-order valence-corrected chi connectivity index (χ3v) is 5.77. The first kappa shape index (κ1) is 23.2. The molecule has 0 aliphatic rings. The smallest absolute Gasteiger partial charge is 0.264 e. The minimum atomic E-state index is -0.304. The summed E-state index contributed by atoms with van der Waals surface area (Å²) in [6.07, 6.45) is 2.90. The summed E-state index contributed by atoms with van der Waals surface area (Å²) in [5.41, 5.74) is 4.99. The lowest BCUT2D eigenvalue weighted by molar-refractivity contribution is -0.116. The molecule has 0 atom stereocenters. The van der Waals surface area contributed by atoms with Crippen molar-refractivity contribution in [2.45, 2.75) is 47.2 Å². The van der Waals surface area contributed by atoms with Gasteiger partial charge in [-0.2, -0.15) is 5.10 Å². The monoisotopic (exact) mass is 458 g/mol. The molecule has 0 unspecified atom stereocenters. The number of fused-ring (bicyclic) bond motifs is 1. The number of carbonyl (C=O) groups excluding carboxylic acids is 1. The van der Waals surface area contributed by atoms with Gasteiger partial charge in [0, 0.05) is 24.0 Å². The zero-order chi connectivity index (χ0) is 24.4. The number of nitrogens with zero attached hydrogens (tertiary/aromatic N) is 5. The van der Waals surface area contributed by atoms with Gasteiger partial charge in [-0.05, 0) is 82.1 Å². The normalized spacial score (nSPS) is 11.2. The second-order valence-electron chi connectivity index (χ2n) is 8.79. The van der Waals surface area contributed by atoms with Crippen LogP contribution < -0.4 is 15.8 Å². The van der Waals surface area contributed by atoms with Crippen LogP contribution in [0.5, 0.6) is 0 Å². The number of anilines is 2. The lowest BCUT2D eigenvalue weighted by atomic mass is 10.1. The predicted molar refractivity (Wildman–Crippen MR) is 136 cm³/mol. The molecule has 8 nitrogen and oxygen atoms in total. The van der Waals surface area contributed by atoms with E-state index in [1.807, 2.05) is 50.2 Å². The summed E-state index contributed by atoms with van der Waals surface area (Å²) >= 11 is 0. The molecule has 2 aromatic carbocycles. The molecule has 0 aliphatic heterocycles. The van der Waals surface area contributed by atoms with Crippen molar-refractivity contribution in [2.24, 2.45) is 0 Å². The van der Waals surface area contributed by atoms with Crippen molar-refractivity contribution < 1.29 is 4.79 Å². The van der Waals surface area contributed by atoms with Crippen molar-refractivity contribution in [3.05, 3.63) is 76.5 Å². The SMILES string of the molecule is CCN(c1ccc(NC(=O)Cn2cnc3c(cnn3-c3cc(C)cc(C)c3)c2=O)cc1)C(C)C. The van der Waals surface area contributed by atoms with Crippen molar-refractivity contribution >= 4 is 28.3 Å². The number of aromatic nitrogens is 4. The fourth-order valence-electron chi connectivity index (χ4n) is 4.26. The van der Waals surface area contributed by atoms with Gasteiger partial charge in [-0.15, -0.1) is 0 Å². The standard InChI is InChI=1S/C26H30N6O2/c1-6-31(17(2)3)21-9-7-20(8-10-21)29-24(33)15-30-16-27-25-23(26(30)34)14-28-32(25)22-12-18(4)11-19(5)13-22/h7-14,16-17H,6,15H2,1-5H3,(H,29,33). The Morgan fingerprint density at radius 1 is 1.09 bits per heavy atom. The summed E-state index contributed by atoms with van der Waals surface area (Å²) in [5, 5.41) is 7.60. The van der Waals surface area contributed by atoms with Crippen LogP contribution in [0.25, 0.3) is 16.7 Å². The Kier molecular flexibility index (Phi) is 6.49. The molecular formula is C26H30N6O2. The molecular weight excluding hydrogens is 428 g/mol. The van der Waals surface area contributed by atoms with E-state index < -0.39 is 0 Å². The van der Waals surface area contributed by atoms with Crippen molar-refractivity contribution in [2.75, 3.05) is 16.8 Å². The highest BCUT2D eigenvalue weighted by molar-refractivity contribution is 5.91. The van der Waals surface area contributed by atoms with Crippen LogP contribution in [-0.2, 0) is 11.3 Å². The highest BCUT2D eigenvalue weighted by Gasteiger charge is 2.14. The Labute approximate surface area is 198 Å². The summed E-state index contributed by atoms with van der Waals surface area (Å²) < 4.78 is 2.95. The van der Waals surface area contributed by atoms with Crippen LogP contribution in [-0.4, -0.2) is 37.8 Å². The van der Waals surface area contributed by atoms with E-state index in [0.29, 0.717) is 22.8 Å². The maximum Gasteiger partial charge on any atom is 0.264 e. The number of hydrogen-bond acceptors (Lipinski definition) is 5. The third kappa shape index (κ3) is 4.71. The van der Waals surface area contributed by atoms with Crippen LogP contribution in [0, 0.1) is 13.8 Å². The number of carbonyl (C=O) groups is 1. The molecule has 4 rings (SSSR count). The zero-order valence-corrected chi connectivity index (χ0v) is 20.2. The van der Waals surface area contributed by atoms with E-state index >= 15 is 0 Å². The maximum atomic E-state index is 13.0. The molecule has 0 aliphatic carbocycles. The van der Waals surface area contributed by atoms with Crippen LogP contribution in [0.1, 0.15) is 31.9 Å². The minimum absolute atomic E-state index is 0.134. The van der Waals surface area contributed by atoms with Gasteiger partial charge >= 0.3 is 0 Å². The van der Waals surface area contributed by atoms with Gasteiger partial charge in [0.1, 0.15) is 18.3 Å². The summed E-state index contributed by atoms with van der Waals surface area (Å²) in [4.78, 5) is 32.3. The minimum Gasteiger partial charge on any atom is -0.369 e. The van der Waals surface area contributed by atoms with Gasteiger partial charge in [0.2, 0.25) is 5.91 Å². The fourth-order valence-corrected chi connectivity index (χ4v) is 4.26. The molecule has 2 aromatic heterocycles. The van der Waals surface area contributed by atoms with E-state index in [1.165, 1.54) is 17.1 Å². The van der Waals surface area contributed by atoms with Crippen molar-refractivity contribution in [3.8, 4) is 5.69 Å². The molecule has 4 aromatic rings. The van der Waals surface area contributed by atoms with Crippen LogP contribution in [0.15, 0.2) is 59.8 Å². The molecule has 0 fully saturated rings. The first-order chi connectivity index (χ1) is 16.3. The first-order valence-electron chi connectivity index (χ1n) is 11.4. The second kappa shape index (κ2) is 9.51. The van der Waals surface area contributed by atoms with Gasteiger partial charge in [-0.3, -0.25) is 14.2 Å². The van der Waals surface area contributed by atoms with Gasteiger partial charge in [0.05, 0.1) is 11.9 Å². The van der Waals surface area contributed by atoms with Gasteiger partial charge in [-0.25, -0.2) is 9.67 Å². The molecule has 0 radical (unpaired) electrons. The zero-order valence-electron chi connectivity index (χ0n) is 20.2. The first-order valence-corrected chi connectivity index (χ1v) is 11.4. The lowest BCUT2D eigenvalue weighted by Gasteiger charge is -2.27. The largest absolute Gasteiger partial charge is 0.369 e. The van der Waals surface area contributed by atoms with Gasteiger partial charge in [-0.1, -0.05) is 6.07 Å². The molecule has 34 heavy (non-hydrogen) atoms. The molecule has 0 spiro atoms. The summed E-state index contributed by atoms with van der Waals surface area (Å²) in [6.45, 7) is 11.2. The topological polar surface area (TPSA) is 85.1 Å². The fraction of sp³-hybridized carbons (Fsp3) is 0.308. The van der Waals surface area contributed by atoms with Crippen LogP contribution in [0.2, 0.25) is 0 Å². The molecule has 176 valence electrons. The predicted octanol–water partition coefficient (Wildman–Crippen LogP) is 4.07. The molecule has 0 saturated carbocycles. The Hall–Kier alpha value is -3.94. The number of benzene rings is 2. The highest BCUT2D eigenvalue weighted by Crippen LogP contribution is 2.20. The summed E-state index contributed by atoms with van der Waals surface area (Å²) in [6, 6.07) is 14.2. The van der Waals surface area contributed by atoms with E-state index in [0.717, 1.165) is 29.0 Å². The number of amides is 1. The van der Waals surface area contributed by atoms with Crippen LogP contribution in [0.4, 0.5) is 11.4 Å². The number of nitrogens with one attached hydrogen (secondary N) is 1. The Balaban J connectivity index is 1.52. The van der Waals surface area contributed by atoms with Crippen LogP contribution >= 0.6 is 0 Å². The Bertz CT molecular complexity index is 1360. The van der Waals surface area contributed by atoms with E-state index in [1.54, 1.807) is 4.68 Å². The van der Waals surface area contributed by atoms with Gasteiger partial charge < -0.3 is 10.2 Å². The van der Waals surface area contributed by atoms with Crippen LogP contribution in [0.3, 0.4) is 0 Å². The second-order valence-corrected chi connectivity index (χ2v) is 8.79. The summed E-state index contributed by atoms with van der Waals surface area (Å²) in [5.74, 6) is -0.297. The van der Waals surface area contributed by atoms with E-state index in [4.69, 9.17) is 0 Å².